The fourth-order valence-electron chi connectivity index (χ4n) is 1.85. The molecule has 1 rings (SSSR count). The van der Waals surface area contributed by atoms with Crippen LogP contribution in [0.2, 0.25) is 0 Å². The van der Waals surface area contributed by atoms with E-state index in [1.807, 2.05) is 0 Å². The highest BCUT2D eigenvalue weighted by Gasteiger charge is 2.17. The van der Waals surface area contributed by atoms with Gasteiger partial charge in [-0.3, -0.25) is 0 Å². The number of hydrogen-bond acceptors (Lipinski definition) is 4. The van der Waals surface area contributed by atoms with E-state index < -0.39 is 6.10 Å². The van der Waals surface area contributed by atoms with Crippen LogP contribution >= 0.6 is 0 Å². The average Bonchev–Trinajstić information content (AvgIpc) is 2.57. The highest BCUT2D eigenvalue weighted by Crippen LogP contribution is 2.34. The molecule has 0 radical (unpaired) electrons. The Morgan fingerprint density at radius 1 is 1.09 bits per heavy atom. The van der Waals surface area contributed by atoms with Gasteiger partial charge < -0.3 is 19.9 Å². The number of ether oxygens (including phenoxy) is 2. The molecule has 4 nitrogen and oxygen atoms in total. The molecular formula is C19H17NO3. The Morgan fingerprint density at radius 3 is 2.43 bits per heavy atom. The van der Waals surface area contributed by atoms with Gasteiger partial charge in [0.1, 0.15) is 13.2 Å². The first-order valence-electron chi connectivity index (χ1n) is 6.76. The van der Waals surface area contributed by atoms with Crippen molar-refractivity contribution in [2.75, 3.05) is 26.3 Å². The minimum atomic E-state index is -0.403. The second-order valence-corrected chi connectivity index (χ2v) is 4.39. The Labute approximate surface area is 137 Å². The normalized spacial score (nSPS) is 10.6. The van der Waals surface area contributed by atoms with Crippen LogP contribution in [0.5, 0.6) is 11.5 Å². The van der Waals surface area contributed by atoms with Gasteiger partial charge in [0.05, 0.1) is 18.2 Å². The zero-order chi connectivity index (χ0) is 17.1. The van der Waals surface area contributed by atoms with Crippen molar-refractivity contribution < 1.29 is 14.6 Å². The third kappa shape index (κ3) is 5.35. The predicted octanol–water partition coefficient (Wildman–Crippen LogP) is 1.30. The summed E-state index contributed by atoms with van der Waals surface area (Å²) in [5.41, 5.74) is 0.975. The van der Waals surface area contributed by atoms with Crippen molar-refractivity contribution in [1.29, 1.82) is 0 Å². The first kappa shape index (κ1) is 18.0. The van der Waals surface area contributed by atoms with Crippen LogP contribution in [0.1, 0.15) is 17.2 Å². The molecule has 0 aromatic heterocycles. The van der Waals surface area contributed by atoms with E-state index in [2.05, 4.69) is 29.0 Å². The van der Waals surface area contributed by atoms with E-state index in [1.165, 1.54) is 0 Å². The van der Waals surface area contributed by atoms with Crippen molar-refractivity contribution in [3.8, 4) is 60.9 Å². The second kappa shape index (κ2) is 9.83. The molecule has 0 aliphatic heterocycles. The summed E-state index contributed by atoms with van der Waals surface area (Å²) in [7, 11) is 0. The summed E-state index contributed by atoms with van der Waals surface area (Å²) in [5, 5.41) is 13.1. The van der Waals surface area contributed by atoms with Crippen LogP contribution in [0.25, 0.3) is 0 Å². The predicted molar refractivity (Wildman–Crippen MR) is 89.6 cm³/mol. The number of benzene rings is 1. The third-order valence-corrected chi connectivity index (χ3v) is 2.86. The van der Waals surface area contributed by atoms with E-state index in [-0.39, 0.29) is 30.3 Å². The van der Waals surface area contributed by atoms with E-state index in [4.69, 9.17) is 35.2 Å². The van der Waals surface area contributed by atoms with Crippen LogP contribution in [0, 0.1) is 49.4 Å². The molecule has 0 saturated carbocycles. The van der Waals surface area contributed by atoms with E-state index in [1.54, 1.807) is 12.1 Å². The van der Waals surface area contributed by atoms with Crippen LogP contribution in [0.3, 0.4) is 0 Å². The van der Waals surface area contributed by atoms with Gasteiger partial charge >= 0.3 is 0 Å². The van der Waals surface area contributed by atoms with Gasteiger partial charge in [0.25, 0.3) is 0 Å². The minimum absolute atomic E-state index is 0.00620. The second-order valence-electron chi connectivity index (χ2n) is 4.39. The number of phenolic OH excluding ortho intramolecular Hbond substituents is 1. The lowest BCUT2D eigenvalue weighted by molar-refractivity contribution is 0.0781. The maximum absolute atomic E-state index is 10.1. The Hall–Kier alpha value is -3.02. The third-order valence-electron chi connectivity index (χ3n) is 2.86. The van der Waals surface area contributed by atoms with Crippen LogP contribution in [0.4, 0.5) is 0 Å². The Balaban J connectivity index is 3.13. The zero-order valence-electron chi connectivity index (χ0n) is 12.6. The van der Waals surface area contributed by atoms with Gasteiger partial charge in [-0.1, -0.05) is 23.7 Å². The number of hydrogen-bond donors (Lipinski definition) is 2. The molecule has 0 heterocycles. The molecule has 0 bridgehead atoms. The van der Waals surface area contributed by atoms with Gasteiger partial charge in [0.15, 0.2) is 11.5 Å². The highest BCUT2D eigenvalue weighted by molar-refractivity contribution is 5.55. The smallest absolute Gasteiger partial charge is 0.173 e. The van der Waals surface area contributed by atoms with Gasteiger partial charge in [0, 0.05) is 6.54 Å². The fourth-order valence-corrected chi connectivity index (χ4v) is 1.85. The summed E-state index contributed by atoms with van der Waals surface area (Å²) >= 11 is 0. The molecule has 0 saturated heterocycles. The maximum atomic E-state index is 10.1. The quantitative estimate of drug-likeness (QED) is 0.561. The van der Waals surface area contributed by atoms with Crippen LogP contribution < -0.4 is 10.1 Å². The van der Waals surface area contributed by atoms with E-state index in [0.717, 1.165) is 0 Å². The summed E-state index contributed by atoms with van der Waals surface area (Å²) in [5.74, 6) is 9.67. The SMILES string of the molecule is C#CCNCC(OCC#C)c1cc(C#C)c(O)c(OCC#C)c1. The highest BCUT2D eigenvalue weighted by atomic mass is 16.5. The molecular weight excluding hydrogens is 290 g/mol. The van der Waals surface area contributed by atoms with E-state index in [9.17, 15) is 5.11 Å². The lowest BCUT2D eigenvalue weighted by Gasteiger charge is -2.19. The molecule has 0 fully saturated rings. The summed E-state index contributed by atoms with van der Waals surface area (Å²) in [6.07, 6.45) is 20.6. The van der Waals surface area contributed by atoms with Crippen molar-refractivity contribution in [1.82, 2.24) is 5.32 Å². The molecule has 0 amide bonds. The largest absolute Gasteiger partial charge is 0.503 e. The van der Waals surface area contributed by atoms with Gasteiger partial charge in [-0.25, -0.2) is 0 Å². The molecule has 1 atom stereocenters. The Kier molecular flexibility index (Phi) is 7.71. The molecule has 0 aliphatic carbocycles. The van der Waals surface area contributed by atoms with Gasteiger partial charge in [-0.2, -0.15) is 0 Å². The fraction of sp³-hybridized carbons (Fsp3) is 0.263. The molecule has 1 aromatic rings. The van der Waals surface area contributed by atoms with Crippen molar-refractivity contribution in [2.45, 2.75) is 6.10 Å². The first-order valence-corrected chi connectivity index (χ1v) is 6.76. The van der Waals surface area contributed by atoms with Crippen molar-refractivity contribution >= 4 is 0 Å². The van der Waals surface area contributed by atoms with Crippen molar-refractivity contribution in [3.63, 3.8) is 0 Å². The lowest BCUT2D eigenvalue weighted by atomic mass is 10.0. The molecule has 1 unspecified atom stereocenters. The standard InChI is InChI=1S/C19H17NO3/c1-5-9-20-14-18(23-11-7-3)16-12-15(8-4)19(21)17(13-16)22-10-6-2/h1-4,12-13,18,20-21H,9-11,14H2. The number of aromatic hydroxyl groups is 1. The zero-order valence-corrected chi connectivity index (χ0v) is 12.6. The van der Waals surface area contributed by atoms with Crippen LogP contribution in [-0.2, 0) is 4.74 Å². The number of rotatable bonds is 8. The minimum Gasteiger partial charge on any atom is -0.503 e. The van der Waals surface area contributed by atoms with Crippen LogP contribution in [-0.4, -0.2) is 31.4 Å². The molecule has 4 heteroatoms. The molecule has 116 valence electrons. The van der Waals surface area contributed by atoms with Gasteiger partial charge in [0.2, 0.25) is 0 Å². The van der Waals surface area contributed by atoms with Crippen molar-refractivity contribution in [2.24, 2.45) is 0 Å². The Bertz CT molecular complexity index is 696. The summed E-state index contributed by atoms with van der Waals surface area (Å²) in [6.45, 7) is 0.938. The van der Waals surface area contributed by atoms with E-state index in [0.29, 0.717) is 18.7 Å². The Morgan fingerprint density at radius 2 is 1.83 bits per heavy atom. The first-order chi connectivity index (χ1) is 11.2. The number of phenols is 1. The summed E-state index contributed by atoms with van der Waals surface area (Å²) < 4.78 is 10.9. The average molecular weight is 307 g/mol. The van der Waals surface area contributed by atoms with Crippen molar-refractivity contribution in [3.05, 3.63) is 23.3 Å². The topological polar surface area (TPSA) is 50.7 Å². The van der Waals surface area contributed by atoms with E-state index >= 15 is 0 Å². The van der Waals surface area contributed by atoms with Gasteiger partial charge in [-0.15, -0.1) is 25.7 Å². The summed E-state index contributed by atoms with van der Waals surface area (Å²) in [6, 6.07) is 3.25. The van der Waals surface area contributed by atoms with Gasteiger partial charge in [-0.05, 0) is 17.7 Å². The summed E-state index contributed by atoms with van der Waals surface area (Å²) in [4.78, 5) is 0. The lowest BCUT2D eigenvalue weighted by Crippen LogP contribution is -2.24. The monoisotopic (exact) mass is 307 g/mol. The molecule has 23 heavy (non-hydrogen) atoms. The molecule has 0 spiro atoms. The molecule has 2 N–H and O–H groups in total. The van der Waals surface area contributed by atoms with Crippen LogP contribution in [0.15, 0.2) is 12.1 Å². The molecule has 1 aromatic carbocycles. The number of nitrogens with one attached hydrogen (secondary N) is 1. The molecule has 0 aliphatic rings. The number of terminal acetylenes is 4. The maximum Gasteiger partial charge on any atom is 0.173 e.